The first-order chi connectivity index (χ1) is 11.7. The fourth-order valence-corrected chi connectivity index (χ4v) is 2.93. The van der Waals surface area contributed by atoms with Crippen molar-refractivity contribution in [3.8, 4) is 0 Å². The number of benzene rings is 2. The summed E-state index contributed by atoms with van der Waals surface area (Å²) in [6, 6.07) is 13.8. The van der Waals surface area contributed by atoms with Gasteiger partial charge in [-0.25, -0.2) is 9.38 Å². The third-order valence-corrected chi connectivity index (χ3v) is 4.46. The summed E-state index contributed by atoms with van der Waals surface area (Å²) < 4.78 is 1.97. The minimum absolute atomic E-state index is 0.686. The predicted molar refractivity (Wildman–Crippen MR) is 97.1 cm³/mol. The average Bonchev–Trinajstić information content (AvgIpc) is 3.03. The van der Waals surface area contributed by atoms with Crippen molar-refractivity contribution in [1.29, 1.82) is 0 Å². The third kappa shape index (κ3) is 2.37. The van der Waals surface area contributed by atoms with Crippen molar-refractivity contribution in [3.05, 3.63) is 58.9 Å². The molecule has 2 heterocycles. The van der Waals surface area contributed by atoms with Crippen LogP contribution in [0, 0.1) is 6.92 Å². The Labute approximate surface area is 144 Å². The van der Waals surface area contributed by atoms with Crippen LogP contribution in [0.2, 0.25) is 5.02 Å². The fraction of sp³-hybridized carbons (Fsp3) is 0.167. The topological polar surface area (TPSA) is 55.1 Å². The van der Waals surface area contributed by atoms with Gasteiger partial charge >= 0.3 is 0 Å². The molecule has 6 heteroatoms. The quantitative estimate of drug-likeness (QED) is 0.596. The highest BCUT2D eigenvalue weighted by molar-refractivity contribution is 6.31. The summed E-state index contributed by atoms with van der Waals surface area (Å²) in [4.78, 5) is 4.76. The van der Waals surface area contributed by atoms with Crippen molar-refractivity contribution < 1.29 is 0 Å². The lowest BCUT2D eigenvalue weighted by molar-refractivity contribution is 0.904. The number of para-hydroxylation sites is 1. The van der Waals surface area contributed by atoms with Gasteiger partial charge in [0.25, 0.3) is 0 Å². The number of nitrogens with one attached hydrogen (secondary N) is 1. The highest BCUT2D eigenvalue weighted by atomic mass is 35.5. The first-order valence-corrected chi connectivity index (χ1v) is 8.21. The Bertz CT molecular complexity index is 1050. The molecule has 120 valence electrons. The molecule has 24 heavy (non-hydrogen) atoms. The number of nitrogens with zero attached hydrogens (tertiary/aromatic N) is 4. The van der Waals surface area contributed by atoms with Crippen LogP contribution in [-0.2, 0) is 6.42 Å². The Morgan fingerprint density at radius 3 is 2.75 bits per heavy atom. The molecule has 2 aromatic carbocycles. The number of rotatable bonds is 3. The summed E-state index contributed by atoms with van der Waals surface area (Å²) in [6.45, 7) is 4.03. The van der Waals surface area contributed by atoms with Gasteiger partial charge in [0, 0.05) is 22.5 Å². The molecule has 0 radical (unpaired) electrons. The van der Waals surface area contributed by atoms with Crippen molar-refractivity contribution in [2.24, 2.45) is 0 Å². The molecule has 0 saturated carbocycles. The van der Waals surface area contributed by atoms with Crippen LogP contribution in [0.4, 0.5) is 11.6 Å². The first kappa shape index (κ1) is 14.9. The summed E-state index contributed by atoms with van der Waals surface area (Å²) in [5.41, 5.74) is 3.60. The monoisotopic (exact) mass is 337 g/mol. The molecule has 4 aromatic rings. The number of anilines is 2. The largest absolute Gasteiger partial charge is 0.325 e. The van der Waals surface area contributed by atoms with Gasteiger partial charge in [-0.3, -0.25) is 0 Å². The molecule has 0 aliphatic rings. The fourth-order valence-electron chi connectivity index (χ4n) is 2.75. The van der Waals surface area contributed by atoms with Crippen LogP contribution in [0.15, 0.2) is 42.5 Å². The minimum atomic E-state index is 0.686. The van der Waals surface area contributed by atoms with E-state index in [0.29, 0.717) is 5.95 Å². The molecule has 1 N–H and O–H groups in total. The SMILES string of the molecule is CCc1nnc2c3ccccc3nc(Nc3ccc(C)c(Cl)c3)n12. The van der Waals surface area contributed by atoms with Gasteiger partial charge in [-0.1, -0.05) is 36.7 Å². The van der Waals surface area contributed by atoms with E-state index in [0.717, 1.165) is 45.1 Å². The Kier molecular flexibility index (Phi) is 3.58. The summed E-state index contributed by atoms with van der Waals surface area (Å²) >= 11 is 6.24. The summed E-state index contributed by atoms with van der Waals surface area (Å²) in [5, 5.41) is 13.7. The molecule has 0 saturated heterocycles. The maximum atomic E-state index is 6.24. The van der Waals surface area contributed by atoms with Crippen LogP contribution in [-0.4, -0.2) is 19.6 Å². The highest BCUT2D eigenvalue weighted by Crippen LogP contribution is 2.26. The second kappa shape index (κ2) is 5.76. The van der Waals surface area contributed by atoms with E-state index < -0.39 is 0 Å². The lowest BCUT2D eigenvalue weighted by Gasteiger charge is -2.11. The van der Waals surface area contributed by atoms with Gasteiger partial charge in [-0.05, 0) is 36.8 Å². The number of fused-ring (bicyclic) bond motifs is 3. The van der Waals surface area contributed by atoms with Crippen molar-refractivity contribution in [3.63, 3.8) is 0 Å². The van der Waals surface area contributed by atoms with Gasteiger partial charge in [0.2, 0.25) is 5.95 Å². The van der Waals surface area contributed by atoms with Crippen LogP contribution in [0.5, 0.6) is 0 Å². The zero-order valence-electron chi connectivity index (χ0n) is 13.4. The van der Waals surface area contributed by atoms with E-state index in [1.165, 1.54) is 0 Å². The molecular formula is C18H16ClN5. The zero-order valence-corrected chi connectivity index (χ0v) is 14.2. The highest BCUT2D eigenvalue weighted by Gasteiger charge is 2.14. The molecule has 0 amide bonds. The molecule has 0 fully saturated rings. The van der Waals surface area contributed by atoms with Crippen LogP contribution in [0.3, 0.4) is 0 Å². The zero-order chi connectivity index (χ0) is 16.7. The first-order valence-electron chi connectivity index (χ1n) is 7.83. The van der Waals surface area contributed by atoms with Gasteiger partial charge in [0.1, 0.15) is 5.82 Å². The summed E-state index contributed by atoms with van der Waals surface area (Å²) in [7, 11) is 0. The third-order valence-electron chi connectivity index (χ3n) is 4.06. The van der Waals surface area contributed by atoms with Crippen molar-refractivity contribution >= 4 is 39.8 Å². The van der Waals surface area contributed by atoms with Crippen LogP contribution in [0.1, 0.15) is 18.3 Å². The molecule has 0 atom stereocenters. The number of hydrogen-bond donors (Lipinski definition) is 1. The van der Waals surface area contributed by atoms with E-state index in [9.17, 15) is 0 Å². The predicted octanol–water partition coefficient (Wildman–Crippen LogP) is 4.55. The van der Waals surface area contributed by atoms with Crippen LogP contribution >= 0.6 is 11.6 Å². The smallest absolute Gasteiger partial charge is 0.215 e. The van der Waals surface area contributed by atoms with Gasteiger partial charge in [0.15, 0.2) is 5.65 Å². The van der Waals surface area contributed by atoms with Crippen LogP contribution in [0.25, 0.3) is 16.6 Å². The Hall–Kier alpha value is -2.66. The van der Waals surface area contributed by atoms with Gasteiger partial charge in [-0.2, -0.15) is 0 Å². The number of aryl methyl sites for hydroxylation is 2. The molecule has 0 aliphatic heterocycles. The molecule has 0 spiro atoms. The molecule has 0 unspecified atom stereocenters. The van der Waals surface area contributed by atoms with E-state index >= 15 is 0 Å². The Morgan fingerprint density at radius 1 is 1.12 bits per heavy atom. The van der Waals surface area contributed by atoms with Gasteiger partial charge < -0.3 is 5.32 Å². The van der Waals surface area contributed by atoms with Gasteiger partial charge in [0.05, 0.1) is 5.52 Å². The molecular weight excluding hydrogens is 322 g/mol. The minimum Gasteiger partial charge on any atom is -0.325 e. The van der Waals surface area contributed by atoms with Crippen molar-refractivity contribution in [1.82, 2.24) is 19.6 Å². The van der Waals surface area contributed by atoms with Crippen molar-refractivity contribution in [2.45, 2.75) is 20.3 Å². The van der Waals surface area contributed by atoms with E-state index in [-0.39, 0.29) is 0 Å². The molecule has 5 nitrogen and oxygen atoms in total. The van der Waals surface area contributed by atoms with E-state index in [2.05, 4.69) is 22.4 Å². The number of hydrogen-bond acceptors (Lipinski definition) is 4. The van der Waals surface area contributed by atoms with Crippen molar-refractivity contribution in [2.75, 3.05) is 5.32 Å². The molecule has 0 bridgehead atoms. The molecule has 0 aliphatic carbocycles. The number of halogens is 1. The lowest BCUT2D eigenvalue weighted by Crippen LogP contribution is -2.05. The van der Waals surface area contributed by atoms with E-state index in [1.54, 1.807) is 0 Å². The Balaban J connectivity index is 1.94. The second-order valence-corrected chi connectivity index (χ2v) is 6.08. The molecule has 2 aromatic heterocycles. The van der Waals surface area contributed by atoms with E-state index in [4.69, 9.17) is 16.6 Å². The Morgan fingerprint density at radius 2 is 1.96 bits per heavy atom. The maximum absolute atomic E-state index is 6.24. The van der Waals surface area contributed by atoms with Gasteiger partial charge in [-0.15, -0.1) is 10.2 Å². The molecule has 4 rings (SSSR count). The lowest BCUT2D eigenvalue weighted by atomic mass is 10.2. The summed E-state index contributed by atoms with van der Waals surface area (Å²) in [5.74, 6) is 1.55. The summed E-state index contributed by atoms with van der Waals surface area (Å²) in [6.07, 6.45) is 0.768. The van der Waals surface area contributed by atoms with Crippen LogP contribution < -0.4 is 5.32 Å². The maximum Gasteiger partial charge on any atom is 0.215 e. The number of aromatic nitrogens is 4. The standard InChI is InChI=1S/C18H16ClN5/c1-3-16-22-23-17-13-6-4-5-7-15(13)21-18(24(16)17)20-12-9-8-11(2)14(19)10-12/h4-10H,3H2,1-2H3,(H,20,21). The second-order valence-electron chi connectivity index (χ2n) is 5.67. The normalized spacial score (nSPS) is 11.3. The van der Waals surface area contributed by atoms with E-state index in [1.807, 2.05) is 53.8 Å². The average molecular weight is 338 g/mol.